The molecule has 1 aliphatic rings. The number of aliphatic hydroxyl groups is 1. The summed E-state index contributed by atoms with van der Waals surface area (Å²) in [6, 6.07) is 12.1. The predicted molar refractivity (Wildman–Crippen MR) is 69.3 cm³/mol. The molecule has 2 aromatic carbocycles. The minimum atomic E-state index is -0.538. The highest BCUT2D eigenvalue weighted by atomic mass is 35.5. The highest BCUT2D eigenvalue weighted by Crippen LogP contribution is 2.46. The van der Waals surface area contributed by atoms with Crippen molar-refractivity contribution in [2.75, 3.05) is 0 Å². The third-order valence-electron chi connectivity index (χ3n) is 3.53. The maximum atomic E-state index is 12.9. The maximum absolute atomic E-state index is 12.9. The molecule has 2 aromatic rings. The molecule has 3 rings (SSSR count). The molecule has 18 heavy (non-hydrogen) atoms. The van der Waals surface area contributed by atoms with E-state index in [1.807, 2.05) is 12.1 Å². The fourth-order valence-electron chi connectivity index (χ4n) is 2.69. The lowest BCUT2D eigenvalue weighted by Crippen LogP contribution is -1.96. The van der Waals surface area contributed by atoms with E-state index in [2.05, 4.69) is 0 Å². The molecular formula is C15H12ClFO. The van der Waals surface area contributed by atoms with Crippen LogP contribution in [0.1, 0.15) is 35.1 Å². The van der Waals surface area contributed by atoms with Crippen molar-refractivity contribution in [1.29, 1.82) is 0 Å². The second-order valence-electron chi connectivity index (χ2n) is 4.60. The first-order chi connectivity index (χ1) is 8.66. The monoisotopic (exact) mass is 262 g/mol. The van der Waals surface area contributed by atoms with E-state index in [0.29, 0.717) is 11.4 Å². The van der Waals surface area contributed by atoms with Crippen molar-refractivity contribution in [3.05, 3.63) is 70.0 Å². The van der Waals surface area contributed by atoms with Crippen LogP contribution in [0.15, 0.2) is 42.5 Å². The number of aliphatic hydroxyl groups excluding tert-OH is 1. The van der Waals surface area contributed by atoms with Gasteiger partial charge in [-0.05, 0) is 35.7 Å². The highest BCUT2D eigenvalue weighted by Gasteiger charge is 2.32. The molecule has 1 N–H and O–H groups in total. The fourth-order valence-corrected chi connectivity index (χ4v) is 3.00. The van der Waals surface area contributed by atoms with Gasteiger partial charge in [0.25, 0.3) is 0 Å². The Morgan fingerprint density at radius 2 is 1.83 bits per heavy atom. The molecule has 0 bridgehead atoms. The standard InChI is InChI=1S/C15H12ClFO/c16-13-3-1-2-11-12(8-14(18)15(11)13)9-4-6-10(17)7-5-9/h1-7,12,14,18H,8H2/t12-,14-/m1/s1. The molecule has 0 aromatic heterocycles. The van der Waals surface area contributed by atoms with Crippen LogP contribution in [0.2, 0.25) is 5.02 Å². The van der Waals surface area contributed by atoms with Gasteiger partial charge in [-0.15, -0.1) is 0 Å². The van der Waals surface area contributed by atoms with Crippen molar-refractivity contribution in [2.24, 2.45) is 0 Å². The lowest BCUT2D eigenvalue weighted by molar-refractivity contribution is 0.176. The van der Waals surface area contributed by atoms with Gasteiger partial charge in [-0.2, -0.15) is 0 Å². The van der Waals surface area contributed by atoms with Gasteiger partial charge in [0.15, 0.2) is 0 Å². The molecule has 0 aliphatic heterocycles. The molecule has 1 aliphatic carbocycles. The van der Waals surface area contributed by atoms with Crippen LogP contribution in [-0.4, -0.2) is 5.11 Å². The van der Waals surface area contributed by atoms with Gasteiger partial charge in [0.2, 0.25) is 0 Å². The van der Waals surface area contributed by atoms with E-state index in [4.69, 9.17) is 11.6 Å². The Bertz CT molecular complexity index is 580. The molecule has 0 saturated carbocycles. The zero-order valence-corrected chi connectivity index (χ0v) is 10.4. The van der Waals surface area contributed by atoms with Crippen molar-refractivity contribution in [3.8, 4) is 0 Å². The van der Waals surface area contributed by atoms with Crippen LogP contribution < -0.4 is 0 Å². The molecule has 0 unspecified atom stereocenters. The largest absolute Gasteiger partial charge is 0.388 e. The van der Waals surface area contributed by atoms with Crippen LogP contribution in [0, 0.1) is 5.82 Å². The molecule has 3 heteroatoms. The Labute approximate surface area is 110 Å². The number of fused-ring (bicyclic) bond motifs is 1. The van der Waals surface area contributed by atoms with Gasteiger partial charge in [-0.3, -0.25) is 0 Å². The number of halogens is 2. The van der Waals surface area contributed by atoms with Gasteiger partial charge in [-0.25, -0.2) is 4.39 Å². The lowest BCUT2D eigenvalue weighted by Gasteiger charge is -2.11. The molecule has 0 heterocycles. The zero-order valence-electron chi connectivity index (χ0n) is 9.61. The number of hydrogen-bond acceptors (Lipinski definition) is 1. The van der Waals surface area contributed by atoms with E-state index in [1.165, 1.54) is 12.1 Å². The second kappa shape index (κ2) is 4.38. The van der Waals surface area contributed by atoms with Crippen molar-refractivity contribution in [2.45, 2.75) is 18.4 Å². The summed E-state index contributed by atoms with van der Waals surface area (Å²) in [4.78, 5) is 0. The summed E-state index contributed by atoms with van der Waals surface area (Å²) in [7, 11) is 0. The first-order valence-corrected chi connectivity index (χ1v) is 6.26. The lowest BCUT2D eigenvalue weighted by atomic mass is 9.93. The van der Waals surface area contributed by atoms with Crippen molar-refractivity contribution >= 4 is 11.6 Å². The highest BCUT2D eigenvalue weighted by molar-refractivity contribution is 6.31. The maximum Gasteiger partial charge on any atom is 0.123 e. The Morgan fingerprint density at radius 3 is 2.56 bits per heavy atom. The molecule has 1 nitrogen and oxygen atoms in total. The average Bonchev–Trinajstić information content (AvgIpc) is 2.69. The molecule has 0 radical (unpaired) electrons. The molecule has 0 spiro atoms. The van der Waals surface area contributed by atoms with E-state index in [0.717, 1.165) is 16.7 Å². The second-order valence-corrected chi connectivity index (χ2v) is 5.01. The van der Waals surface area contributed by atoms with Gasteiger partial charge < -0.3 is 5.11 Å². The summed E-state index contributed by atoms with van der Waals surface area (Å²) in [6.45, 7) is 0. The van der Waals surface area contributed by atoms with Crippen LogP contribution in [-0.2, 0) is 0 Å². The summed E-state index contributed by atoms with van der Waals surface area (Å²) in [5, 5.41) is 10.7. The minimum Gasteiger partial charge on any atom is -0.388 e. The Hall–Kier alpha value is -1.38. The Balaban J connectivity index is 2.08. The molecular weight excluding hydrogens is 251 g/mol. The minimum absolute atomic E-state index is 0.0919. The summed E-state index contributed by atoms with van der Waals surface area (Å²) in [6.07, 6.45) is 0.0637. The van der Waals surface area contributed by atoms with Gasteiger partial charge in [0.1, 0.15) is 5.82 Å². The molecule has 0 saturated heterocycles. The van der Waals surface area contributed by atoms with E-state index in [9.17, 15) is 9.50 Å². The number of rotatable bonds is 1. The Kier molecular flexibility index (Phi) is 2.84. The summed E-state index contributed by atoms with van der Waals surface area (Å²) in [5.74, 6) is -0.155. The zero-order chi connectivity index (χ0) is 12.7. The van der Waals surface area contributed by atoms with Gasteiger partial charge in [-0.1, -0.05) is 35.9 Å². The van der Waals surface area contributed by atoms with Crippen molar-refractivity contribution in [1.82, 2.24) is 0 Å². The van der Waals surface area contributed by atoms with E-state index >= 15 is 0 Å². The van der Waals surface area contributed by atoms with Crippen LogP contribution in [0.4, 0.5) is 4.39 Å². The normalized spacial score (nSPS) is 21.9. The Morgan fingerprint density at radius 1 is 1.11 bits per heavy atom. The molecule has 0 amide bonds. The quantitative estimate of drug-likeness (QED) is 0.822. The van der Waals surface area contributed by atoms with Crippen molar-refractivity contribution < 1.29 is 9.50 Å². The number of hydrogen-bond donors (Lipinski definition) is 1. The van der Waals surface area contributed by atoms with E-state index in [1.54, 1.807) is 18.2 Å². The van der Waals surface area contributed by atoms with Crippen LogP contribution in [0.3, 0.4) is 0 Å². The van der Waals surface area contributed by atoms with Crippen molar-refractivity contribution in [3.63, 3.8) is 0 Å². The molecule has 92 valence electrons. The van der Waals surface area contributed by atoms with Crippen LogP contribution in [0.25, 0.3) is 0 Å². The fraction of sp³-hybridized carbons (Fsp3) is 0.200. The van der Waals surface area contributed by atoms with E-state index < -0.39 is 6.10 Å². The third kappa shape index (κ3) is 1.82. The summed E-state index contributed by atoms with van der Waals surface area (Å²) in [5.41, 5.74) is 2.87. The first-order valence-electron chi connectivity index (χ1n) is 5.88. The van der Waals surface area contributed by atoms with E-state index in [-0.39, 0.29) is 11.7 Å². The summed E-state index contributed by atoms with van der Waals surface area (Å²) < 4.78 is 12.9. The molecule has 0 fully saturated rings. The third-order valence-corrected chi connectivity index (χ3v) is 3.86. The van der Waals surface area contributed by atoms with Crippen LogP contribution in [0.5, 0.6) is 0 Å². The van der Waals surface area contributed by atoms with Crippen LogP contribution >= 0.6 is 11.6 Å². The number of benzene rings is 2. The van der Waals surface area contributed by atoms with Gasteiger partial charge >= 0.3 is 0 Å². The first kappa shape index (κ1) is 11.7. The molecule has 2 atom stereocenters. The predicted octanol–water partition coefficient (Wildman–Crippen LogP) is 4.05. The SMILES string of the molecule is O[C@@H]1C[C@H](c2ccc(F)cc2)c2cccc(Cl)c21. The average molecular weight is 263 g/mol. The smallest absolute Gasteiger partial charge is 0.123 e. The summed E-state index contributed by atoms with van der Waals surface area (Å²) >= 11 is 6.12. The van der Waals surface area contributed by atoms with Gasteiger partial charge in [0, 0.05) is 16.5 Å². The topological polar surface area (TPSA) is 20.2 Å². The van der Waals surface area contributed by atoms with Gasteiger partial charge in [0.05, 0.1) is 6.10 Å².